The topological polar surface area (TPSA) is 77.2 Å². The van der Waals surface area contributed by atoms with Crippen molar-refractivity contribution in [3.63, 3.8) is 0 Å². The zero-order valence-electron chi connectivity index (χ0n) is 19.0. The molecule has 4 atom stereocenters. The van der Waals surface area contributed by atoms with Gasteiger partial charge >= 0.3 is 0 Å². The van der Waals surface area contributed by atoms with Crippen molar-refractivity contribution in [1.82, 2.24) is 10.3 Å². The van der Waals surface area contributed by atoms with Crippen LogP contribution in [-0.4, -0.2) is 16.9 Å². The summed E-state index contributed by atoms with van der Waals surface area (Å²) in [6, 6.07) is 16.3. The molecule has 5 nitrogen and oxygen atoms in total. The number of nitrogens with two attached hydrogens (primary N) is 1. The van der Waals surface area contributed by atoms with Crippen molar-refractivity contribution < 1.29 is 9.53 Å². The molecular formula is C27H31N3O2. The predicted molar refractivity (Wildman–Crippen MR) is 127 cm³/mol. The molecule has 0 saturated heterocycles. The molecule has 2 bridgehead atoms. The number of fused-ring (bicyclic) bond motifs is 3. The van der Waals surface area contributed by atoms with E-state index in [0.29, 0.717) is 28.8 Å². The molecule has 6 rings (SSSR count). The molecule has 32 heavy (non-hydrogen) atoms. The van der Waals surface area contributed by atoms with Gasteiger partial charge in [0.15, 0.2) is 0 Å². The average molecular weight is 430 g/mol. The van der Waals surface area contributed by atoms with Crippen LogP contribution < -0.4 is 15.8 Å². The normalized spacial score (nSPS) is 25.8. The Morgan fingerprint density at radius 3 is 2.56 bits per heavy atom. The van der Waals surface area contributed by atoms with Crippen molar-refractivity contribution in [3.05, 3.63) is 65.9 Å². The first-order valence-corrected chi connectivity index (χ1v) is 11.5. The summed E-state index contributed by atoms with van der Waals surface area (Å²) in [5.74, 6) is 3.07. The number of amides is 1. The van der Waals surface area contributed by atoms with Gasteiger partial charge in [0.2, 0.25) is 11.8 Å². The number of carbonyl (C=O) groups is 1. The van der Waals surface area contributed by atoms with Crippen molar-refractivity contribution in [2.75, 3.05) is 0 Å². The van der Waals surface area contributed by atoms with Gasteiger partial charge in [0.25, 0.3) is 0 Å². The number of primary amides is 1. The fourth-order valence-electron chi connectivity index (χ4n) is 5.94. The number of aromatic nitrogens is 1. The molecule has 166 valence electrons. The standard InChI is InChI=1S/C27H31N3O2/c1-16-22-12-19(27(22,2)3)13-23(16)29-14-17-8-10-24(21-7-5-4-6-20(17)21)32-25-11-9-18(15-30-25)26(28)31/h4-11,15-16,19,22-23,29H,12-14H2,1-3H3,(H2,28,31)/t16-,19+,22+,23+/m1/s1. The molecule has 1 aromatic heterocycles. The lowest BCUT2D eigenvalue weighted by Gasteiger charge is -2.62. The first kappa shape index (κ1) is 21.0. The van der Waals surface area contributed by atoms with E-state index in [2.05, 4.69) is 55.3 Å². The Kier molecular flexibility index (Phi) is 5.17. The number of nitrogens with one attached hydrogen (secondary N) is 1. The zero-order chi connectivity index (χ0) is 22.5. The van der Waals surface area contributed by atoms with E-state index in [1.807, 2.05) is 12.1 Å². The average Bonchev–Trinajstić information content (AvgIpc) is 2.79. The van der Waals surface area contributed by atoms with Crippen LogP contribution in [0.3, 0.4) is 0 Å². The fourth-order valence-corrected chi connectivity index (χ4v) is 5.94. The van der Waals surface area contributed by atoms with Gasteiger partial charge in [-0.3, -0.25) is 4.79 Å². The maximum absolute atomic E-state index is 11.3. The zero-order valence-corrected chi connectivity index (χ0v) is 19.0. The van der Waals surface area contributed by atoms with E-state index < -0.39 is 5.91 Å². The molecular weight excluding hydrogens is 398 g/mol. The summed E-state index contributed by atoms with van der Waals surface area (Å²) in [7, 11) is 0. The molecule has 0 aliphatic heterocycles. The Hall–Kier alpha value is -2.92. The predicted octanol–water partition coefficient (Wildman–Crippen LogP) is 5.29. The lowest BCUT2D eigenvalue weighted by atomic mass is 9.45. The molecule has 0 radical (unpaired) electrons. The highest BCUT2D eigenvalue weighted by atomic mass is 16.5. The minimum Gasteiger partial charge on any atom is -0.438 e. The number of ether oxygens (including phenoxy) is 1. The van der Waals surface area contributed by atoms with Crippen LogP contribution in [0.15, 0.2) is 54.7 Å². The second kappa shape index (κ2) is 7.89. The Labute approximate surface area is 189 Å². The molecule has 3 aliphatic carbocycles. The molecule has 5 heteroatoms. The number of hydrogen-bond acceptors (Lipinski definition) is 4. The van der Waals surface area contributed by atoms with Crippen LogP contribution in [0.25, 0.3) is 10.8 Å². The van der Waals surface area contributed by atoms with Crippen LogP contribution in [0, 0.1) is 23.2 Å². The van der Waals surface area contributed by atoms with Gasteiger partial charge in [-0.15, -0.1) is 0 Å². The second-order valence-corrected chi connectivity index (χ2v) is 10.1. The summed E-state index contributed by atoms with van der Waals surface area (Å²) in [5.41, 5.74) is 7.44. The molecule has 3 aliphatic rings. The van der Waals surface area contributed by atoms with E-state index >= 15 is 0 Å². The number of hydrogen-bond donors (Lipinski definition) is 2. The number of benzene rings is 2. The summed E-state index contributed by atoms with van der Waals surface area (Å²) >= 11 is 0. The van der Waals surface area contributed by atoms with Crippen LogP contribution in [0.4, 0.5) is 0 Å². The van der Waals surface area contributed by atoms with E-state index in [4.69, 9.17) is 10.5 Å². The Balaban J connectivity index is 1.34. The summed E-state index contributed by atoms with van der Waals surface area (Å²) in [6.07, 6.45) is 4.11. The van der Waals surface area contributed by atoms with E-state index in [1.165, 1.54) is 30.0 Å². The third kappa shape index (κ3) is 3.55. The maximum Gasteiger partial charge on any atom is 0.250 e. The largest absolute Gasteiger partial charge is 0.438 e. The van der Waals surface area contributed by atoms with Crippen molar-refractivity contribution >= 4 is 16.7 Å². The Morgan fingerprint density at radius 1 is 1.12 bits per heavy atom. The number of rotatable bonds is 6. The molecule has 2 aromatic carbocycles. The summed E-state index contributed by atoms with van der Waals surface area (Å²) in [4.78, 5) is 15.5. The van der Waals surface area contributed by atoms with Crippen molar-refractivity contribution in [2.45, 2.75) is 46.2 Å². The van der Waals surface area contributed by atoms with E-state index in [1.54, 1.807) is 12.1 Å². The molecule has 3 saturated carbocycles. The van der Waals surface area contributed by atoms with E-state index in [0.717, 1.165) is 29.5 Å². The van der Waals surface area contributed by atoms with Crippen LogP contribution in [-0.2, 0) is 6.54 Å². The molecule has 3 N–H and O–H groups in total. The Bertz CT molecular complexity index is 1160. The SMILES string of the molecule is C[C@H]1[C@@H](NCc2ccc(Oc3ccc(C(N)=O)cn3)c3ccccc23)C[C@@H]2C[C@@H]1C2(C)C. The van der Waals surface area contributed by atoms with Crippen LogP contribution in [0.2, 0.25) is 0 Å². The van der Waals surface area contributed by atoms with Gasteiger partial charge in [-0.2, -0.15) is 0 Å². The fraction of sp³-hybridized carbons (Fsp3) is 0.407. The molecule has 0 unspecified atom stereocenters. The minimum absolute atomic E-state index is 0.363. The summed E-state index contributed by atoms with van der Waals surface area (Å²) < 4.78 is 6.05. The van der Waals surface area contributed by atoms with Crippen LogP contribution in [0.5, 0.6) is 11.6 Å². The monoisotopic (exact) mass is 429 g/mol. The smallest absolute Gasteiger partial charge is 0.250 e. The third-order valence-electron chi connectivity index (χ3n) is 8.12. The van der Waals surface area contributed by atoms with Gasteiger partial charge in [0.1, 0.15) is 5.75 Å². The second-order valence-electron chi connectivity index (χ2n) is 10.1. The molecule has 0 spiro atoms. The minimum atomic E-state index is -0.500. The van der Waals surface area contributed by atoms with Gasteiger partial charge in [0, 0.05) is 30.2 Å². The van der Waals surface area contributed by atoms with Crippen LogP contribution in [0.1, 0.15) is 49.5 Å². The molecule has 3 fully saturated rings. The molecule has 3 aromatic rings. The van der Waals surface area contributed by atoms with Crippen molar-refractivity contribution in [3.8, 4) is 11.6 Å². The maximum atomic E-state index is 11.3. The van der Waals surface area contributed by atoms with Gasteiger partial charge in [0.05, 0.1) is 5.56 Å². The van der Waals surface area contributed by atoms with E-state index in [-0.39, 0.29) is 0 Å². The van der Waals surface area contributed by atoms with Gasteiger partial charge in [-0.25, -0.2) is 4.98 Å². The van der Waals surface area contributed by atoms with Crippen molar-refractivity contribution in [1.29, 1.82) is 0 Å². The first-order valence-electron chi connectivity index (χ1n) is 11.5. The van der Waals surface area contributed by atoms with Gasteiger partial charge in [-0.1, -0.05) is 51.1 Å². The first-order chi connectivity index (χ1) is 15.3. The number of pyridine rings is 1. The van der Waals surface area contributed by atoms with Gasteiger partial charge < -0.3 is 15.8 Å². The molecule has 1 heterocycles. The highest BCUT2D eigenvalue weighted by molar-refractivity contribution is 5.92. The van der Waals surface area contributed by atoms with Crippen LogP contribution >= 0.6 is 0 Å². The number of carbonyl (C=O) groups excluding carboxylic acids is 1. The van der Waals surface area contributed by atoms with E-state index in [9.17, 15) is 4.79 Å². The number of nitrogens with zero attached hydrogens (tertiary/aromatic N) is 1. The highest BCUT2D eigenvalue weighted by Crippen LogP contribution is 2.61. The highest BCUT2D eigenvalue weighted by Gasteiger charge is 2.55. The van der Waals surface area contributed by atoms with Gasteiger partial charge in [-0.05, 0) is 59.1 Å². The lowest BCUT2D eigenvalue weighted by Crippen LogP contribution is -2.59. The van der Waals surface area contributed by atoms with Crippen molar-refractivity contribution in [2.24, 2.45) is 28.9 Å². The summed E-state index contributed by atoms with van der Waals surface area (Å²) in [6.45, 7) is 8.16. The third-order valence-corrected chi connectivity index (χ3v) is 8.12. The lowest BCUT2D eigenvalue weighted by molar-refractivity contribution is -0.115. The molecule has 1 amide bonds. The quantitative estimate of drug-likeness (QED) is 0.558. The Morgan fingerprint density at radius 2 is 1.91 bits per heavy atom. The summed E-state index contributed by atoms with van der Waals surface area (Å²) in [5, 5.41) is 6.10.